The Kier molecular flexibility index (Phi) is 2.33. The summed E-state index contributed by atoms with van der Waals surface area (Å²) in [6.45, 7) is 3.23. The van der Waals surface area contributed by atoms with Crippen LogP contribution in [0.3, 0.4) is 0 Å². The normalized spacial score (nSPS) is 9.92. The monoisotopic (exact) mass is 184 g/mol. The van der Waals surface area contributed by atoms with Crippen LogP contribution < -0.4 is 5.73 Å². The fraction of sp³-hybridized carbons (Fsp3) is 0.250. The standard InChI is InChI=1S/C8H9ClN2O/c1-4-3-6(10)11-8(9)7(4)5(2)12/h3H,1-2H3,(H2,10,11). The van der Waals surface area contributed by atoms with Crippen LogP contribution in [0.1, 0.15) is 22.8 Å². The predicted molar refractivity (Wildman–Crippen MR) is 48.4 cm³/mol. The first-order chi connectivity index (χ1) is 5.52. The number of nitrogen functional groups attached to an aromatic ring is 1. The van der Waals surface area contributed by atoms with Gasteiger partial charge in [0.1, 0.15) is 11.0 Å². The first kappa shape index (κ1) is 9.00. The van der Waals surface area contributed by atoms with Crippen molar-refractivity contribution in [3.05, 3.63) is 22.3 Å². The van der Waals surface area contributed by atoms with Gasteiger partial charge in [-0.05, 0) is 25.5 Å². The molecule has 4 heteroatoms. The minimum Gasteiger partial charge on any atom is -0.384 e. The lowest BCUT2D eigenvalue weighted by molar-refractivity contribution is 0.101. The number of nitrogens with two attached hydrogens (primary N) is 1. The van der Waals surface area contributed by atoms with E-state index in [1.807, 2.05) is 0 Å². The van der Waals surface area contributed by atoms with Crippen molar-refractivity contribution in [2.24, 2.45) is 0 Å². The fourth-order valence-corrected chi connectivity index (χ4v) is 1.46. The molecule has 1 heterocycles. The molecule has 0 aliphatic rings. The van der Waals surface area contributed by atoms with E-state index in [4.69, 9.17) is 17.3 Å². The number of aryl methyl sites for hydroxylation is 1. The molecule has 1 aromatic heterocycles. The van der Waals surface area contributed by atoms with Gasteiger partial charge in [-0.3, -0.25) is 4.79 Å². The van der Waals surface area contributed by atoms with Gasteiger partial charge in [-0.25, -0.2) is 4.98 Å². The maximum absolute atomic E-state index is 11.0. The number of ketones is 1. The van der Waals surface area contributed by atoms with Crippen molar-refractivity contribution in [3.8, 4) is 0 Å². The van der Waals surface area contributed by atoms with Crippen molar-refractivity contribution in [3.63, 3.8) is 0 Å². The second kappa shape index (κ2) is 3.11. The molecule has 2 N–H and O–H groups in total. The van der Waals surface area contributed by atoms with E-state index in [2.05, 4.69) is 4.98 Å². The number of rotatable bonds is 1. The summed E-state index contributed by atoms with van der Waals surface area (Å²) in [5.41, 5.74) is 6.64. The number of carbonyl (C=O) groups excluding carboxylic acids is 1. The van der Waals surface area contributed by atoms with Gasteiger partial charge in [0.25, 0.3) is 0 Å². The molecule has 0 atom stereocenters. The third-order valence-corrected chi connectivity index (χ3v) is 1.82. The summed E-state index contributed by atoms with van der Waals surface area (Å²) >= 11 is 5.72. The zero-order valence-corrected chi connectivity index (χ0v) is 7.64. The highest BCUT2D eigenvalue weighted by Crippen LogP contribution is 2.19. The van der Waals surface area contributed by atoms with E-state index in [-0.39, 0.29) is 10.9 Å². The number of Topliss-reactive ketones (excluding diaryl/α,β-unsaturated/α-hetero) is 1. The molecule has 0 saturated carbocycles. The number of aromatic nitrogens is 1. The van der Waals surface area contributed by atoms with Crippen molar-refractivity contribution in [2.75, 3.05) is 5.73 Å². The maximum atomic E-state index is 11.0. The summed E-state index contributed by atoms with van der Waals surface area (Å²) in [6.07, 6.45) is 0. The molecule has 0 saturated heterocycles. The second-order valence-electron chi connectivity index (χ2n) is 2.59. The molecule has 0 aliphatic carbocycles. The molecule has 12 heavy (non-hydrogen) atoms. The lowest BCUT2D eigenvalue weighted by Crippen LogP contribution is -2.02. The SMILES string of the molecule is CC(=O)c1c(C)cc(N)nc1Cl. The smallest absolute Gasteiger partial charge is 0.163 e. The second-order valence-corrected chi connectivity index (χ2v) is 2.94. The topological polar surface area (TPSA) is 56.0 Å². The molecule has 0 fully saturated rings. The van der Waals surface area contributed by atoms with Crippen LogP contribution in [0.4, 0.5) is 5.82 Å². The Bertz CT molecular complexity index is 313. The molecular weight excluding hydrogens is 176 g/mol. The number of carbonyl (C=O) groups is 1. The van der Waals surface area contributed by atoms with Crippen LogP contribution >= 0.6 is 11.6 Å². The number of hydrogen-bond acceptors (Lipinski definition) is 3. The number of halogens is 1. The highest BCUT2D eigenvalue weighted by Gasteiger charge is 2.10. The summed E-state index contributed by atoms with van der Waals surface area (Å²) in [6, 6.07) is 1.63. The molecule has 0 bridgehead atoms. The Balaban J connectivity index is 3.38. The number of nitrogens with zero attached hydrogens (tertiary/aromatic N) is 1. The van der Waals surface area contributed by atoms with Crippen LogP contribution in [0.5, 0.6) is 0 Å². The first-order valence-electron chi connectivity index (χ1n) is 3.46. The zero-order chi connectivity index (χ0) is 9.30. The van der Waals surface area contributed by atoms with E-state index >= 15 is 0 Å². The maximum Gasteiger partial charge on any atom is 0.163 e. The van der Waals surface area contributed by atoms with E-state index in [9.17, 15) is 4.79 Å². The van der Waals surface area contributed by atoms with Gasteiger partial charge < -0.3 is 5.73 Å². The average molecular weight is 185 g/mol. The summed E-state index contributed by atoms with van der Waals surface area (Å²) in [7, 11) is 0. The average Bonchev–Trinajstić information content (AvgIpc) is 1.82. The van der Waals surface area contributed by atoms with E-state index in [0.29, 0.717) is 11.4 Å². The summed E-state index contributed by atoms with van der Waals surface area (Å²) < 4.78 is 0. The van der Waals surface area contributed by atoms with Crippen molar-refractivity contribution >= 4 is 23.2 Å². The van der Waals surface area contributed by atoms with Crippen molar-refractivity contribution in [2.45, 2.75) is 13.8 Å². The van der Waals surface area contributed by atoms with Gasteiger partial charge in [-0.1, -0.05) is 11.6 Å². The minimum absolute atomic E-state index is 0.0926. The Morgan fingerprint density at radius 1 is 1.67 bits per heavy atom. The molecule has 64 valence electrons. The van der Waals surface area contributed by atoms with Gasteiger partial charge in [-0.15, -0.1) is 0 Å². The summed E-state index contributed by atoms with van der Waals surface area (Å²) in [4.78, 5) is 14.8. The van der Waals surface area contributed by atoms with Gasteiger partial charge in [0.2, 0.25) is 0 Å². The van der Waals surface area contributed by atoms with E-state index < -0.39 is 0 Å². The Labute approximate surface area is 75.6 Å². The molecule has 0 unspecified atom stereocenters. The molecule has 1 aromatic rings. The van der Waals surface area contributed by atoms with Gasteiger partial charge in [0.05, 0.1) is 5.56 Å². The van der Waals surface area contributed by atoms with Crippen LogP contribution in [0.2, 0.25) is 5.15 Å². The predicted octanol–water partition coefficient (Wildman–Crippen LogP) is 1.83. The lowest BCUT2D eigenvalue weighted by Gasteiger charge is -2.04. The number of anilines is 1. The highest BCUT2D eigenvalue weighted by molar-refractivity contribution is 6.33. The third-order valence-electron chi connectivity index (χ3n) is 1.54. The Morgan fingerprint density at radius 3 is 2.67 bits per heavy atom. The molecule has 0 radical (unpaired) electrons. The largest absolute Gasteiger partial charge is 0.384 e. The van der Waals surface area contributed by atoms with Crippen molar-refractivity contribution in [1.29, 1.82) is 0 Å². The van der Waals surface area contributed by atoms with Crippen molar-refractivity contribution < 1.29 is 4.79 Å². The van der Waals surface area contributed by atoms with Crippen LogP contribution in [-0.4, -0.2) is 10.8 Å². The molecule has 0 amide bonds. The van der Waals surface area contributed by atoms with Gasteiger partial charge in [0.15, 0.2) is 5.78 Å². The molecule has 0 aromatic carbocycles. The van der Waals surface area contributed by atoms with E-state index in [1.165, 1.54) is 6.92 Å². The number of pyridine rings is 1. The fourth-order valence-electron chi connectivity index (χ4n) is 1.08. The quantitative estimate of drug-likeness (QED) is 0.535. The van der Waals surface area contributed by atoms with Crippen molar-refractivity contribution in [1.82, 2.24) is 4.98 Å². The third kappa shape index (κ3) is 1.56. The number of hydrogen-bond donors (Lipinski definition) is 1. The molecule has 3 nitrogen and oxygen atoms in total. The Morgan fingerprint density at radius 2 is 2.25 bits per heavy atom. The first-order valence-corrected chi connectivity index (χ1v) is 3.83. The lowest BCUT2D eigenvalue weighted by atomic mass is 10.1. The molecular formula is C8H9ClN2O. The van der Waals surface area contributed by atoms with E-state index in [1.54, 1.807) is 13.0 Å². The highest BCUT2D eigenvalue weighted by atomic mass is 35.5. The van der Waals surface area contributed by atoms with Gasteiger partial charge in [0, 0.05) is 0 Å². The Hall–Kier alpha value is -1.09. The zero-order valence-electron chi connectivity index (χ0n) is 6.89. The van der Waals surface area contributed by atoms with Crippen LogP contribution in [0.25, 0.3) is 0 Å². The summed E-state index contributed by atoms with van der Waals surface area (Å²) in [5.74, 6) is 0.243. The van der Waals surface area contributed by atoms with Crippen LogP contribution in [0.15, 0.2) is 6.07 Å². The van der Waals surface area contributed by atoms with Gasteiger partial charge >= 0.3 is 0 Å². The molecule has 0 aliphatic heterocycles. The molecule has 1 rings (SSSR count). The summed E-state index contributed by atoms with van der Waals surface area (Å²) in [5, 5.41) is 0.181. The van der Waals surface area contributed by atoms with Crippen LogP contribution in [0, 0.1) is 6.92 Å². The molecule has 0 spiro atoms. The van der Waals surface area contributed by atoms with Crippen LogP contribution in [-0.2, 0) is 0 Å². The minimum atomic E-state index is -0.0926. The van der Waals surface area contributed by atoms with E-state index in [0.717, 1.165) is 5.56 Å². The van der Waals surface area contributed by atoms with Gasteiger partial charge in [-0.2, -0.15) is 0 Å².